The van der Waals surface area contributed by atoms with Crippen molar-refractivity contribution < 1.29 is 4.74 Å². The molecule has 0 saturated heterocycles. The highest BCUT2D eigenvalue weighted by Gasteiger charge is 2.30. The molecule has 2 aliphatic rings. The highest BCUT2D eigenvalue weighted by molar-refractivity contribution is 5.87. The molecule has 0 radical (unpaired) electrons. The highest BCUT2D eigenvalue weighted by Crippen LogP contribution is 2.46. The van der Waals surface area contributed by atoms with E-state index in [1.165, 1.54) is 132 Å². The van der Waals surface area contributed by atoms with E-state index in [0.29, 0.717) is 0 Å². The molecule has 0 spiro atoms. The summed E-state index contributed by atoms with van der Waals surface area (Å²) in [6.07, 6.45) is 34.3. The third kappa shape index (κ3) is 8.47. The molecule has 1 nitrogen and oxygen atoms in total. The van der Waals surface area contributed by atoms with E-state index in [9.17, 15) is 0 Å². The number of allylic oxidation sites excluding steroid dienone is 5. The van der Waals surface area contributed by atoms with Gasteiger partial charge in [0.1, 0.15) is 5.75 Å². The zero-order chi connectivity index (χ0) is 23.9. The first-order valence-electron chi connectivity index (χ1n) is 14.7. The van der Waals surface area contributed by atoms with Crippen LogP contribution in [0.25, 0.3) is 5.57 Å². The number of benzene rings is 1. The van der Waals surface area contributed by atoms with Crippen molar-refractivity contribution in [3.05, 3.63) is 59.9 Å². The van der Waals surface area contributed by atoms with Crippen molar-refractivity contribution in [2.24, 2.45) is 5.41 Å². The van der Waals surface area contributed by atoms with Gasteiger partial charge in [0, 0.05) is 16.6 Å². The number of para-hydroxylation sites is 1. The second kappa shape index (κ2) is 15.3. The van der Waals surface area contributed by atoms with E-state index in [0.717, 1.165) is 5.75 Å². The minimum absolute atomic E-state index is 0.210. The maximum atomic E-state index is 5.91. The van der Waals surface area contributed by atoms with Crippen LogP contribution in [-0.4, -0.2) is 0 Å². The Labute approximate surface area is 210 Å². The van der Waals surface area contributed by atoms with Crippen LogP contribution in [0.1, 0.15) is 135 Å². The number of hydrogen-bond acceptors (Lipinski definition) is 1. The summed E-state index contributed by atoms with van der Waals surface area (Å²) < 4.78 is 5.91. The van der Waals surface area contributed by atoms with Gasteiger partial charge in [-0.25, -0.2) is 0 Å². The summed E-state index contributed by atoms with van der Waals surface area (Å²) >= 11 is 0. The Bertz CT molecular complexity index is 777. The topological polar surface area (TPSA) is 9.23 Å². The van der Waals surface area contributed by atoms with Crippen molar-refractivity contribution in [2.45, 2.75) is 129 Å². The molecule has 1 aliphatic carbocycles. The van der Waals surface area contributed by atoms with Gasteiger partial charge in [-0.1, -0.05) is 153 Å². The summed E-state index contributed by atoms with van der Waals surface area (Å²) in [5.74, 6) is 1.00. The predicted octanol–water partition coefficient (Wildman–Crippen LogP) is 11.0. The van der Waals surface area contributed by atoms with Gasteiger partial charge < -0.3 is 4.74 Å². The maximum absolute atomic E-state index is 5.91. The average molecular weight is 463 g/mol. The van der Waals surface area contributed by atoms with Gasteiger partial charge in [-0.05, 0) is 24.5 Å². The summed E-state index contributed by atoms with van der Waals surface area (Å²) in [5.41, 5.74) is 4.10. The molecule has 0 fully saturated rings. The Hall–Kier alpha value is -1.76. The van der Waals surface area contributed by atoms with E-state index < -0.39 is 0 Å². The van der Waals surface area contributed by atoms with E-state index in [4.69, 9.17) is 4.74 Å². The Morgan fingerprint density at radius 3 is 1.76 bits per heavy atom. The first kappa shape index (κ1) is 26.8. The minimum Gasteiger partial charge on any atom is -0.464 e. The fourth-order valence-electron chi connectivity index (χ4n) is 5.63. The molecule has 1 aliphatic heterocycles. The maximum Gasteiger partial charge on any atom is 0.134 e. The largest absolute Gasteiger partial charge is 0.464 e. The molecule has 0 aromatic heterocycles. The molecule has 1 heterocycles. The number of rotatable bonds is 18. The summed E-state index contributed by atoms with van der Waals surface area (Å²) in [6.45, 7) is 4.60. The lowest BCUT2D eigenvalue weighted by atomic mass is 9.71. The van der Waals surface area contributed by atoms with Crippen LogP contribution < -0.4 is 4.74 Å². The van der Waals surface area contributed by atoms with Gasteiger partial charge in [0.05, 0.1) is 6.26 Å². The average Bonchev–Trinajstić information content (AvgIpc) is 2.87. The van der Waals surface area contributed by atoms with Gasteiger partial charge in [0.15, 0.2) is 0 Å². The van der Waals surface area contributed by atoms with Crippen LogP contribution in [0.2, 0.25) is 0 Å². The molecule has 0 atom stereocenters. The molecule has 0 unspecified atom stereocenters. The number of unbranched alkanes of at least 4 members (excludes halogenated alkanes) is 14. The van der Waals surface area contributed by atoms with Crippen LogP contribution >= 0.6 is 0 Å². The molecular formula is C33H50O. The normalized spacial score (nSPS) is 15.8. The number of hydrogen-bond donors (Lipinski definition) is 0. The lowest BCUT2D eigenvalue weighted by molar-refractivity contribution is 0.369. The molecule has 1 heteroatoms. The zero-order valence-corrected chi connectivity index (χ0v) is 22.3. The highest BCUT2D eigenvalue weighted by atomic mass is 16.5. The van der Waals surface area contributed by atoms with Gasteiger partial charge in [-0.3, -0.25) is 0 Å². The van der Waals surface area contributed by atoms with Gasteiger partial charge >= 0.3 is 0 Å². The quantitative estimate of drug-likeness (QED) is 0.197. The summed E-state index contributed by atoms with van der Waals surface area (Å²) in [5, 5.41) is 0. The summed E-state index contributed by atoms with van der Waals surface area (Å²) in [6, 6.07) is 8.54. The fourth-order valence-corrected chi connectivity index (χ4v) is 5.63. The summed E-state index contributed by atoms with van der Waals surface area (Å²) in [7, 11) is 0. The number of ether oxygens (including phenoxy) is 1. The van der Waals surface area contributed by atoms with Crippen molar-refractivity contribution in [1.82, 2.24) is 0 Å². The van der Waals surface area contributed by atoms with Gasteiger partial charge in [0.2, 0.25) is 0 Å². The third-order valence-corrected chi connectivity index (χ3v) is 7.82. The molecule has 1 aromatic carbocycles. The van der Waals surface area contributed by atoms with E-state index in [1.54, 1.807) is 0 Å². The van der Waals surface area contributed by atoms with Crippen molar-refractivity contribution in [2.75, 3.05) is 0 Å². The van der Waals surface area contributed by atoms with Crippen molar-refractivity contribution in [1.29, 1.82) is 0 Å². The van der Waals surface area contributed by atoms with Crippen molar-refractivity contribution in [3.63, 3.8) is 0 Å². The van der Waals surface area contributed by atoms with Crippen LogP contribution in [0, 0.1) is 5.41 Å². The lowest BCUT2D eigenvalue weighted by Gasteiger charge is -2.34. The van der Waals surface area contributed by atoms with Crippen LogP contribution in [-0.2, 0) is 0 Å². The smallest absolute Gasteiger partial charge is 0.134 e. The Morgan fingerprint density at radius 1 is 0.647 bits per heavy atom. The Kier molecular flexibility index (Phi) is 12.1. The minimum atomic E-state index is 0.210. The molecule has 3 rings (SSSR count). The molecule has 1 aromatic rings. The van der Waals surface area contributed by atoms with Gasteiger partial charge in [0.25, 0.3) is 0 Å². The molecular weight excluding hydrogens is 412 g/mol. The Balaban J connectivity index is 1.57. The van der Waals surface area contributed by atoms with E-state index in [2.05, 4.69) is 56.3 Å². The predicted molar refractivity (Wildman–Crippen MR) is 149 cm³/mol. The SMILES string of the molecule is CCCCCCCCCCC1(CCCCCCCCCC)C=CC2=COc3ccccc3C2=C1. The Morgan fingerprint density at radius 2 is 1.18 bits per heavy atom. The van der Waals surface area contributed by atoms with Crippen molar-refractivity contribution >= 4 is 5.57 Å². The molecule has 0 N–H and O–H groups in total. The summed E-state index contributed by atoms with van der Waals surface area (Å²) in [4.78, 5) is 0. The first-order valence-corrected chi connectivity index (χ1v) is 14.7. The molecule has 0 amide bonds. The number of fused-ring (bicyclic) bond motifs is 3. The molecule has 0 bridgehead atoms. The monoisotopic (exact) mass is 462 g/mol. The third-order valence-electron chi connectivity index (χ3n) is 7.82. The molecule has 188 valence electrons. The van der Waals surface area contributed by atoms with E-state index >= 15 is 0 Å². The molecule has 0 saturated carbocycles. The zero-order valence-electron chi connectivity index (χ0n) is 22.3. The van der Waals surface area contributed by atoms with E-state index in [1.807, 2.05) is 6.26 Å². The lowest BCUT2D eigenvalue weighted by Crippen LogP contribution is -2.20. The van der Waals surface area contributed by atoms with Gasteiger partial charge in [-0.15, -0.1) is 0 Å². The van der Waals surface area contributed by atoms with Crippen molar-refractivity contribution in [3.8, 4) is 5.75 Å². The second-order valence-electron chi connectivity index (χ2n) is 10.8. The standard InChI is InChI=1S/C33H50O/c1-3-5-7-9-11-13-15-19-24-33(25-20-16-14-12-10-8-6-4-2)26-23-29-28-34-32-22-18-17-21-30(32)31(29)27-33/h17-18,21-23,26-28H,3-16,19-20,24-25H2,1-2H3. The molecule has 34 heavy (non-hydrogen) atoms. The van der Waals surface area contributed by atoms with Crippen LogP contribution in [0.4, 0.5) is 0 Å². The first-order chi connectivity index (χ1) is 16.8. The second-order valence-corrected chi connectivity index (χ2v) is 10.8. The van der Waals surface area contributed by atoms with Crippen LogP contribution in [0.15, 0.2) is 54.3 Å². The van der Waals surface area contributed by atoms with Crippen LogP contribution in [0.5, 0.6) is 5.75 Å². The van der Waals surface area contributed by atoms with Crippen LogP contribution in [0.3, 0.4) is 0 Å². The van der Waals surface area contributed by atoms with E-state index in [-0.39, 0.29) is 5.41 Å². The fraction of sp³-hybridized carbons (Fsp3) is 0.636. The van der Waals surface area contributed by atoms with Gasteiger partial charge in [-0.2, -0.15) is 0 Å².